The Morgan fingerprint density at radius 3 is 2.73 bits per heavy atom. The third kappa shape index (κ3) is 2.61. The van der Waals surface area contributed by atoms with Crippen LogP contribution in [0, 0.1) is 6.92 Å². The van der Waals surface area contributed by atoms with Crippen LogP contribution in [0.1, 0.15) is 28.1 Å². The Balaban J connectivity index is 2.02. The molecular formula is C11H14BrNOS. The summed E-state index contributed by atoms with van der Waals surface area (Å²) in [7, 11) is 0. The Hall–Kier alpha value is -0.350. The standard InChI is InChI=1S/C11H14BrNOS/c1-8-6-10(15-7-8)11(14)13-4-2-9(12)3-5-13/h6-7,9H,2-5H2,1H3. The number of nitrogens with zero attached hydrogens (tertiary/aromatic N) is 1. The van der Waals surface area contributed by atoms with E-state index in [1.807, 2.05) is 23.3 Å². The zero-order valence-corrected chi connectivity index (χ0v) is 11.1. The minimum Gasteiger partial charge on any atom is -0.338 e. The van der Waals surface area contributed by atoms with Gasteiger partial charge in [-0.2, -0.15) is 0 Å². The van der Waals surface area contributed by atoms with Crippen LogP contribution in [0.25, 0.3) is 0 Å². The molecular weight excluding hydrogens is 274 g/mol. The van der Waals surface area contributed by atoms with Crippen LogP contribution in [-0.2, 0) is 0 Å². The molecule has 0 N–H and O–H groups in total. The van der Waals surface area contributed by atoms with Crippen molar-refractivity contribution in [2.75, 3.05) is 13.1 Å². The first-order chi connectivity index (χ1) is 7.16. The molecule has 0 saturated carbocycles. The van der Waals surface area contributed by atoms with Crippen molar-refractivity contribution in [2.45, 2.75) is 24.6 Å². The zero-order chi connectivity index (χ0) is 10.8. The lowest BCUT2D eigenvalue weighted by atomic mass is 10.1. The van der Waals surface area contributed by atoms with Gasteiger partial charge in [0.15, 0.2) is 0 Å². The van der Waals surface area contributed by atoms with Gasteiger partial charge in [0.2, 0.25) is 0 Å². The molecule has 1 amide bonds. The van der Waals surface area contributed by atoms with Crippen molar-refractivity contribution >= 4 is 33.2 Å². The smallest absolute Gasteiger partial charge is 0.263 e. The first-order valence-electron chi connectivity index (χ1n) is 5.15. The van der Waals surface area contributed by atoms with E-state index in [9.17, 15) is 4.79 Å². The van der Waals surface area contributed by atoms with Gasteiger partial charge in [-0.3, -0.25) is 4.79 Å². The van der Waals surface area contributed by atoms with Crippen LogP contribution in [0.4, 0.5) is 0 Å². The molecule has 0 bridgehead atoms. The van der Waals surface area contributed by atoms with Gasteiger partial charge in [-0.15, -0.1) is 11.3 Å². The molecule has 1 fully saturated rings. The maximum atomic E-state index is 12.0. The summed E-state index contributed by atoms with van der Waals surface area (Å²) in [5, 5.41) is 2.03. The fourth-order valence-corrected chi connectivity index (χ4v) is 3.02. The van der Waals surface area contributed by atoms with Crippen molar-refractivity contribution in [3.8, 4) is 0 Å². The van der Waals surface area contributed by atoms with Crippen LogP contribution in [0.2, 0.25) is 0 Å². The molecule has 2 rings (SSSR count). The summed E-state index contributed by atoms with van der Waals surface area (Å²) < 4.78 is 0. The lowest BCUT2D eigenvalue weighted by molar-refractivity contribution is 0.0733. The summed E-state index contributed by atoms with van der Waals surface area (Å²) >= 11 is 5.14. The van der Waals surface area contributed by atoms with Crippen molar-refractivity contribution in [3.05, 3.63) is 21.9 Å². The van der Waals surface area contributed by atoms with Crippen molar-refractivity contribution in [2.24, 2.45) is 0 Å². The number of likely N-dealkylation sites (tertiary alicyclic amines) is 1. The number of piperidine rings is 1. The van der Waals surface area contributed by atoms with E-state index in [1.165, 1.54) is 5.56 Å². The van der Waals surface area contributed by atoms with Gasteiger partial charge in [0, 0.05) is 17.9 Å². The highest BCUT2D eigenvalue weighted by Gasteiger charge is 2.22. The minimum atomic E-state index is 0.201. The van der Waals surface area contributed by atoms with Gasteiger partial charge in [-0.25, -0.2) is 0 Å². The molecule has 1 aromatic rings. The SMILES string of the molecule is Cc1csc(C(=O)N2CCC(Br)CC2)c1. The predicted molar refractivity (Wildman–Crippen MR) is 66.9 cm³/mol. The van der Waals surface area contributed by atoms with Crippen molar-refractivity contribution in [3.63, 3.8) is 0 Å². The predicted octanol–water partition coefficient (Wildman–Crippen LogP) is 3.06. The molecule has 0 unspecified atom stereocenters. The number of hydrogen-bond acceptors (Lipinski definition) is 2. The second-order valence-electron chi connectivity index (χ2n) is 3.96. The Morgan fingerprint density at radius 2 is 2.20 bits per heavy atom. The lowest BCUT2D eigenvalue weighted by Crippen LogP contribution is -2.38. The molecule has 15 heavy (non-hydrogen) atoms. The number of rotatable bonds is 1. The number of hydrogen-bond donors (Lipinski definition) is 0. The van der Waals surface area contributed by atoms with E-state index in [0.717, 1.165) is 30.8 Å². The third-order valence-electron chi connectivity index (χ3n) is 2.65. The van der Waals surface area contributed by atoms with Gasteiger partial charge in [0.25, 0.3) is 5.91 Å². The largest absolute Gasteiger partial charge is 0.338 e. The van der Waals surface area contributed by atoms with Gasteiger partial charge in [0.1, 0.15) is 0 Å². The van der Waals surface area contributed by atoms with Crippen LogP contribution < -0.4 is 0 Å². The molecule has 0 aliphatic carbocycles. The molecule has 2 nitrogen and oxygen atoms in total. The average molecular weight is 288 g/mol. The normalized spacial score (nSPS) is 18.1. The number of thiophene rings is 1. The van der Waals surface area contributed by atoms with E-state index >= 15 is 0 Å². The molecule has 0 atom stereocenters. The second kappa shape index (κ2) is 4.66. The Kier molecular flexibility index (Phi) is 3.46. The molecule has 1 aromatic heterocycles. The molecule has 1 aliphatic heterocycles. The molecule has 0 spiro atoms. The van der Waals surface area contributed by atoms with E-state index in [1.54, 1.807) is 11.3 Å². The topological polar surface area (TPSA) is 20.3 Å². The number of amides is 1. The number of carbonyl (C=O) groups is 1. The van der Waals surface area contributed by atoms with Crippen molar-refractivity contribution < 1.29 is 4.79 Å². The number of halogens is 1. The van der Waals surface area contributed by atoms with E-state index in [4.69, 9.17) is 0 Å². The number of aryl methyl sites for hydroxylation is 1. The van der Waals surface area contributed by atoms with Gasteiger partial charge >= 0.3 is 0 Å². The van der Waals surface area contributed by atoms with Crippen molar-refractivity contribution in [1.29, 1.82) is 0 Å². The van der Waals surface area contributed by atoms with Crippen LogP contribution in [0.3, 0.4) is 0 Å². The van der Waals surface area contributed by atoms with Gasteiger partial charge in [-0.1, -0.05) is 15.9 Å². The lowest BCUT2D eigenvalue weighted by Gasteiger charge is -2.29. The van der Waals surface area contributed by atoms with E-state index in [-0.39, 0.29) is 5.91 Å². The Labute approximate surface area is 102 Å². The minimum absolute atomic E-state index is 0.201. The zero-order valence-electron chi connectivity index (χ0n) is 8.70. The first kappa shape index (κ1) is 11.1. The van der Waals surface area contributed by atoms with Crippen molar-refractivity contribution in [1.82, 2.24) is 4.90 Å². The Morgan fingerprint density at radius 1 is 1.53 bits per heavy atom. The molecule has 1 aliphatic rings. The highest BCUT2D eigenvalue weighted by molar-refractivity contribution is 9.09. The van der Waals surface area contributed by atoms with Crippen LogP contribution >= 0.6 is 27.3 Å². The molecule has 4 heteroatoms. The first-order valence-corrected chi connectivity index (χ1v) is 6.95. The summed E-state index contributed by atoms with van der Waals surface area (Å²) in [5.41, 5.74) is 1.18. The third-order valence-corrected chi connectivity index (χ3v) is 4.60. The van der Waals surface area contributed by atoms with E-state index < -0.39 is 0 Å². The fraction of sp³-hybridized carbons (Fsp3) is 0.545. The van der Waals surface area contributed by atoms with E-state index in [2.05, 4.69) is 15.9 Å². The quantitative estimate of drug-likeness (QED) is 0.727. The molecule has 82 valence electrons. The highest BCUT2D eigenvalue weighted by atomic mass is 79.9. The van der Waals surface area contributed by atoms with Crippen LogP contribution in [0.15, 0.2) is 11.4 Å². The number of carbonyl (C=O) groups excluding carboxylic acids is 1. The summed E-state index contributed by atoms with van der Waals surface area (Å²) in [6.07, 6.45) is 2.13. The average Bonchev–Trinajstić information content (AvgIpc) is 2.65. The summed E-state index contributed by atoms with van der Waals surface area (Å²) in [6, 6.07) is 1.98. The van der Waals surface area contributed by atoms with Crippen LogP contribution in [-0.4, -0.2) is 28.7 Å². The summed E-state index contributed by atoms with van der Waals surface area (Å²) in [6.45, 7) is 3.79. The Bertz CT molecular complexity index is 355. The van der Waals surface area contributed by atoms with E-state index in [0.29, 0.717) is 4.83 Å². The second-order valence-corrected chi connectivity index (χ2v) is 6.16. The number of alkyl halides is 1. The summed E-state index contributed by atoms with van der Waals surface area (Å²) in [5.74, 6) is 0.201. The van der Waals surface area contributed by atoms with Gasteiger partial charge in [-0.05, 0) is 36.8 Å². The molecule has 1 saturated heterocycles. The maximum Gasteiger partial charge on any atom is 0.263 e. The molecule has 2 heterocycles. The van der Waals surface area contributed by atoms with Crippen LogP contribution in [0.5, 0.6) is 0 Å². The molecule has 0 radical (unpaired) electrons. The highest BCUT2D eigenvalue weighted by Crippen LogP contribution is 2.21. The van der Waals surface area contributed by atoms with Gasteiger partial charge < -0.3 is 4.90 Å². The fourth-order valence-electron chi connectivity index (χ4n) is 1.75. The monoisotopic (exact) mass is 287 g/mol. The van der Waals surface area contributed by atoms with Gasteiger partial charge in [0.05, 0.1) is 4.88 Å². The molecule has 0 aromatic carbocycles. The maximum absolute atomic E-state index is 12.0. The summed E-state index contributed by atoms with van der Waals surface area (Å²) in [4.78, 5) is 15.5.